The molecule has 0 atom stereocenters. The summed E-state index contributed by atoms with van der Waals surface area (Å²) in [6.45, 7) is 0. The molecule has 4 rings (SSSR count). The van der Waals surface area contributed by atoms with Gasteiger partial charge in [-0.2, -0.15) is 0 Å². The Balaban J connectivity index is 1.74. The van der Waals surface area contributed by atoms with E-state index in [4.69, 9.17) is 9.47 Å². The van der Waals surface area contributed by atoms with Crippen molar-refractivity contribution in [3.63, 3.8) is 0 Å². The summed E-state index contributed by atoms with van der Waals surface area (Å²) in [5.41, 5.74) is 1.76. The quantitative estimate of drug-likeness (QED) is 0.504. The Kier molecular flexibility index (Phi) is 5.61. The van der Waals surface area contributed by atoms with Crippen LogP contribution in [0.5, 0.6) is 11.5 Å². The molecule has 8 heteroatoms. The van der Waals surface area contributed by atoms with Gasteiger partial charge in [0.2, 0.25) is 5.82 Å². The lowest BCUT2D eigenvalue weighted by Crippen LogP contribution is -2.15. The first-order valence-corrected chi connectivity index (χ1v) is 9.41. The van der Waals surface area contributed by atoms with Crippen LogP contribution in [-0.2, 0) is 0 Å². The van der Waals surface area contributed by atoms with E-state index in [0.717, 1.165) is 5.56 Å². The molecule has 0 bridgehead atoms. The summed E-state index contributed by atoms with van der Waals surface area (Å²) in [4.78, 5) is 17.4. The van der Waals surface area contributed by atoms with Crippen molar-refractivity contribution in [3.8, 4) is 28.6 Å². The molecule has 31 heavy (non-hydrogen) atoms. The third kappa shape index (κ3) is 4.23. The number of rotatable bonds is 6. The first-order chi connectivity index (χ1) is 15.1. The minimum absolute atomic E-state index is 0.0481. The average molecular weight is 418 g/mol. The maximum Gasteiger partial charge on any atom is 0.295 e. The highest BCUT2D eigenvalue weighted by molar-refractivity contribution is 6.02. The van der Waals surface area contributed by atoms with E-state index >= 15 is 0 Å². The van der Waals surface area contributed by atoms with Gasteiger partial charge in [0.25, 0.3) is 5.91 Å². The van der Waals surface area contributed by atoms with Crippen molar-refractivity contribution in [2.24, 2.45) is 0 Å². The highest BCUT2D eigenvalue weighted by Gasteiger charge is 2.20. The number of hydrogen-bond acceptors (Lipinski definition) is 5. The van der Waals surface area contributed by atoms with Gasteiger partial charge in [-0.3, -0.25) is 4.79 Å². The SMILES string of the molecule is COc1ccc(OC)c(NC(=O)c2nc(-c3ccccc3)n(-c3ccc(F)cc3)n2)c1. The molecular weight excluding hydrogens is 399 g/mol. The zero-order valence-corrected chi connectivity index (χ0v) is 16.9. The standard InChI is InChI=1S/C23H19FN4O3/c1-30-18-12-13-20(31-2)19(14-18)25-23(29)21-26-22(15-6-4-3-5-7-15)28(27-21)17-10-8-16(24)9-11-17/h3-14H,1-2H3,(H,25,29). The number of hydrogen-bond donors (Lipinski definition) is 1. The fraction of sp³-hybridized carbons (Fsp3) is 0.0870. The molecule has 156 valence electrons. The molecule has 0 aliphatic carbocycles. The summed E-state index contributed by atoms with van der Waals surface area (Å²) < 4.78 is 25.4. The Bertz CT molecular complexity index is 1210. The van der Waals surface area contributed by atoms with Gasteiger partial charge >= 0.3 is 0 Å². The van der Waals surface area contributed by atoms with Crippen LogP contribution >= 0.6 is 0 Å². The van der Waals surface area contributed by atoms with E-state index < -0.39 is 5.91 Å². The molecule has 0 fully saturated rings. The van der Waals surface area contributed by atoms with Crippen LogP contribution in [0.3, 0.4) is 0 Å². The molecule has 1 aromatic heterocycles. The first-order valence-electron chi connectivity index (χ1n) is 9.41. The van der Waals surface area contributed by atoms with E-state index in [2.05, 4.69) is 15.4 Å². The van der Waals surface area contributed by atoms with Gasteiger partial charge in [-0.15, -0.1) is 5.10 Å². The fourth-order valence-electron chi connectivity index (χ4n) is 3.03. The number of carbonyl (C=O) groups excluding carboxylic acids is 1. The van der Waals surface area contributed by atoms with Crippen LogP contribution in [0.4, 0.5) is 10.1 Å². The van der Waals surface area contributed by atoms with Crippen molar-refractivity contribution < 1.29 is 18.7 Å². The Hall–Kier alpha value is -4.20. The van der Waals surface area contributed by atoms with Crippen LogP contribution in [0, 0.1) is 5.82 Å². The molecule has 1 N–H and O–H groups in total. The van der Waals surface area contributed by atoms with E-state index in [0.29, 0.717) is 28.7 Å². The first kappa shape index (κ1) is 20.1. The maximum atomic E-state index is 13.4. The van der Waals surface area contributed by atoms with Gasteiger partial charge < -0.3 is 14.8 Å². The molecule has 4 aromatic rings. The van der Waals surface area contributed by atoms with Crippen molar-refractivity contribution in [2.75, 3.05) is 19.5 Å². The second kappa shape index (κ2) is 8.66. The Morgan fingerprint density at radius 2 is 1.71 bits per heavy atom. The van der Waals surface area contributed by atoms with Gasteiger partial charge in [-0.1, -0.05) is 30.3 Å². The van der Waals surface area contributed by atoms with Gasteiger partial charge in [-0.05, 0) is 36.4 Å². The number of amides is 1. The zero-order chi connectivity index (χ0) is 21.8. The second-order valence-corrected chi connectivity index (χ2v) is 6.53. The summed E-state index contributed by atoms with van der Waals surface area (Å²) in [5, 5.41) is 7.14. The van der Waals surface area contributed by atoms with E-state index in [1.807, 2.05) is 30.3 Å². The van der Waals surface area contributed by atoms with Crippen LogP contribution < -0.4 is 14.8 Å². The Morgan fingerprint density at radius 1 is 0.968 bits per heavy atom. The number of nitrogens with one attached hydrogen (secondary N) is 1. The molecule has 7 nitrogen and oxygen atoms in total. The summed E-state index contributed by atoms with van der Waals surface area (Å²) in [5.74, 6) is 0.544. The lowest BCUT2D eigenvalue weighted by molar-refractivity contribution is 0.101. The third-order valence-electron chi connectivity index (χ3n) is 4.57. The molecule has 0 saturated carbocycles. The molecule has 0 aliphatic heterocycles. The monoisotopic (exact) mass is 418 g/mol. The molecule has 0 saturated heterocycles. The molecule has 1 amide bonds. The van der Waals surface area contributed by atoms with Crippen molar-refractivity contribution in [2.45, 2.75) is 0 Å². The summed E-state index contributed by atoms with van der Waals surface area (Å²) >= 11 is 0. The Morgan fingerprint density at radius 3 is 2.39 bits per heavy atom. The van der Waals surface area contributed by atoms with E-state index in [-0.39, 0.29) is 11.6 Å². The minimum atomic E-state index is -0.524. The lowest BCUT2D eigenvalue weighted by atomic mass is 10.2. The normalized spacial score (nSPS) is 10.5. The molecule has 3 aromatic carbocycles. The number of methoxy groups -OCH3 is 2. The minimum Gasteiger partial charge on any atom is -0.497 e. The van der Waals surface area contributed by atoms with Gasteiger partial charge in [0.1, 0.15) is 17.3 Å². The molecular formula is C23H19FN4O3. The number of nitrogens with zero attached hydrogens (tertiary/aromatic N) is 3. The number of aromatic nitrogens is 3. The summed E-state index contributed by atoms with van der Waals surface area (Å²) in [6, 6.07) is 20.2. The van der Waals surface area contributed by atoms with Crippen LogP contribution in [0.1, 0.15) is 10.6 Å². The second-order valence-electron chi connectivity index (χ2n) is 6.53. The molecule has 0 radical (unpaired) electrons. The fourth-order valence-corrected chi connectivity index (χ4v) is 3.03. The van der Waals surface area contributed by atoms with Crippen LogP contribution in [0.15, 0.2) is 72.8 Å². The largest absolute Gasteiger partial charge is 0.497 e. The zero-order valence-electron chi connectivity index (χ0n) is 16.9. The Labute approximate surface area is 178 Å². The summed E-state index contributed by atoms with van der Waals surface area (Å²) in [7, 11) is 3.04. The maximum absolute atomic E-state index is 13.4. The number of carbonyl (C=O) groups is 1. The highest BCUT2D eigenvalue weighted by Crippen LogP contribution is 2.29. The predicted molar refractivity (Wildman–Crippen MR) is 114 cm³/mol. The smallest absolute Gasteiger partial charge is 0.295 e. The number of benzene rings is 3. The number of ether oxygens (including phenoxy) is 2. The van der Waals surface area contributed by atoms with Crippen LogP contribution in [0.25, 0.3) is 17.1 Å². The van der Waals surface area contributed by atoms with E-state index in [1.165, 1.54) is 31.0 Å². The van der Waals surface area contributed by atoms with Gasteiger partial charge in [0, 0.05) is 11.6 Å². The van der Waals surface area contributed by atoms with E-state index in [9.17, 15) is 9.18 Å². The number of anilines is 1. The van der Waals surface area contributed by atoms with Crippen molar-refractivity contribution in [3.05, 3.63) is 84.4 Å². The predicted octanol–water partition coefficient (Wildman–Crippen LogP) is 4.34. The van der Waals surface area contributed by atoms with Crippen LogP contribution in [-0.4, -0.2) is 34.9 Å². The number of halogens is 1. The van der Waals surface area contributed by atoms with Crippen molar-refractivity contribution in [1.82, 2.24) is 14.8 Å². The van der Waals surface area contributed by atoms with Crippen molar-refractivity contribution in [1.29, 1.82) is 0 Å². The van der Waals surface area contributed by atoms with Gasteiger partial charge in [0.05, 0.1) is 25.6 Å². The van der Waals surface area contributed by atoms with E-state index in [1.54, 1.807) is 30.3 Å². The molecule has 0 unspecified atom stereocenters. The molecule has 0 aliphatic rings. The van der Waals surface area contributed by atoms with Gasteiger partial charge in [0.15, 0.2) is 5.82 Å². The van der Waals surface area contributed by atoms with Crippen molar-refractivity contribution >= 4 is 11.6 Å². The molecule has 1 heterocycles. The lowest BCUT2D eigenvalue weighted by Gasteiger charge is -2.10. The van der Waals surface area contributed by atoms with Crippen LogP contribution in [0.2, 0.25) is 0 Å². The summed E-state index contributed by atoms with van der Waals surface area (Å²) in [6.07, 6.45) is 0. The topological polar surface area (TPSA) is 78.3 Å². The van der Waals surface area contributed by atoms with Gasteiger partial charge in [-0.25, -0.2) is 14.1 Å². The average Bonchev–Trinajstić information content (AvgIpc) is 3.26. The highest BCUT2D eigenvalue weighted by atomic mass is 19.1. The third-order valence-corrected chi connectivity index (χ3v) is 4.57. The molecule has 0 spiro atoms.